The van der Waals surface area contributed by atoms with Crippen molar-refractivity contribution in [1.82, 2.24) is 0 Å². The smallest absolute Gasteiger partial charge is 0.321 e. The summed E-state index contributed by atoms with van der Waals surface area (Å²) in [6.45, 7) is 0. The molecule has 2 heterocycles. The summed E-state index contributed by atoms with van der Waals surface area (Å²) in [5, 5.41) is 0. The van der Waals surface area contributed by atoms with Crippen molar-refractivity contribution in [2.24, 2.45) is 0 Å². The van der Waals surface area contributed by atoms with Crippen LogP contribution in [0.5, 0.6) is 0 Å². The number of hydrogen-bond acceptors (Lipinski definition) is 2. The monoisotopic (exact) mass is 342 g/mol. The van der Waals surface area contributed by atoms with Crippen LogP contribution < -0.4 is 0 Å². The fraction of sp³-hybridized carbons (Fsp3) is 0.909. The minimum absolute atomic E-state index is 0.0706. The van der Waals surface area contributed by atoms with Crippen LogP contribution in [0.3, 0.4) is 0 Å². The van der Waals surface area contributed by atoms with E-state index in [0.717, 1.165) is 12.8 Å². The molecule has 15 heavy (non-hydrogen) atoms. The van der Waals surface area contributed by atoms with Crippen LogP contribution in [0.4, 0.5) is 0 Å². The maximum Gasteiger partial charge on any atom is 0.321 e. The number of fused-ring (bicyclic) bond motifs is 1. The average Bonchev–Trinajstić information content (AvgIpc) is 2.27. The van der Waals surface area contributed by atoms with Crippen LogP contribution in [0.25, 0.3) is 0 Å². The minimum atomic E-state index is -0.760. The molecule has 0 bridgehead atoms. The zero-order valence-electron chi connectivity index (χ0n) is 9.26. The Balaban J connectivity index is 2.32. The summed E-state index contributed by atoms with van der Waals surface area (Å²) in [6.07, 6.45) is 7.23. The first kappa shape index (κ1) is 12.0. The third kappa shape index (κ3) is 1.81. The highest BCUT2D eigenvalue weighted by molar-refractivity contribution is 14.2. The van der Waals surface area contributed by atoms with E-state index in [9.17, 15) is 4.79 Å². The van der Waals surface area contributed by atoms with Gasteiger partial charge in [-0.25, -0.2) is 0 Å². The van der Waals surface area contributed by atoms with E-state index in [1.165, 1.54) is 37.2 Å². The Morgan fingerprint density at radius 1 is 1.20 bits per heavy atom. The molecule has 0 aromatic carbocycles. The summed E-state index contributed by atoms with van der Waals surface area (Å²) >= 11 is 2.64. The fourth-order valence-electron chi connectivity index (χ4n) is 3.01. The molecule has 0 aliphatic carbocycles. The van der Waals surface area contributed by atoms with Crippen molar-refractivity contribution in [2.75, 3.05) is 18.6 Å². The number of methoxy groups -OCH3 is 1. The van der Waals surface area contributed by atoms with E-state index in [4.69, 9.17) is 4.74 Å². The molecular weight excluding hydrogens is 323 g/mol. The van der Waals surface area contributed by atoms with E-state index in [1.54, 1.807) is 7.11 Å². The number of rotatable bonds is 1. The van der Waals surface area contributed by atoms with Crippen LogP contribution in [0.1, 0.15) is 38.5 Å². The summed E-state index contributed by atoms with van der Waals surface area (Å²) in [7, 11) is 0.793. The van der Waals surface area contributed by atoms with Gasteiger partial charge in [-0.05, 0) is 58.4 Å². The molecule has 4 heteroatoms. The molecule has 2 fully saturated rings. The van der Waals surface area contributed by atoms with Gasteiger partial charge in [-0.15, -0.1) is 0 Å². The molecule has 2 rings (SSSR count). The predicted octanol–water partition coefficient (Wildman–Crippen LogP) is 3.42. The Bertz CT molecular complexity index is 255. The van der Waals surface area contributed by atoms with Gasteiger partial charge in [-0.2, -0.15) is 7.20 Å². The first-order valence-electron chi connectivity index (χ1n) is 5.71. The number of carbonyl (C=O) groups is 1. The van der Waals surface area contributed by atoms with Crippen molar-refractivity contribution < 1.29 is 9.53 Å². The molecule has 88 valence electrons. The van der Waals surface area contributed by atoms with Crippen LogP contribution in [0, 0.1) is 0 Å². The predicted molar refractivity (Wildman–Crippen MR) is 73.8 cm³/mol. The summed E-state index contributed by atoms with van der Waals surface area (Å²) in [5.74, 6) is 2.65. The Hall–Kier alpha value is 0.550. The first-order valence-corrected chi connectivity index (χ1v) is 10.2. The Labute approximate surface area is 105 Å². The summed E-state index contributed by atoms with van der Waals surface area (Å²) in [4.78, 5) is 12.1. The number of halogens is 1. The maximum absolute atomic E-state index is 12.1. The highest BCUT2D eigenvalue weighted by atomic mass is 127. The molecular formula is C11H19IO2S. The normalized spacial score (nSPS) is 44.9. The quantitative estimate of drug-likeness (QED) is 0.539. The lowest BCUT2D eigenvalue weighted by molar-refractivity contribution is -0.144. The topological polar surface area (TPSA) is 26.3 Å². The molecule has 0 atom stereocenters. The standard InChI is InChI=1S/C11H19IO2S/c1-14-10(13)11-6-2-4-8-15(11,12)9-5-3-7-11/h2-9H2,1H3. The van der Waals surface area contributed by atoms with Crippen LogP contribution in [0.2, 0.25) is 0 Å². The van der Waals surface area contributed by atoms with Gasteiger partial charge in [0.05, 0.1) is 7.11 Å². The fourth-order valence-corrected chi connectivity index (χ4v) is 10.4. The van der Waals surface area contributed by atoms with Gasteiger partial charge in [0, 0.05) is 0 Å². The molecule has 0 aromatic heterocycles. The van der Waals surface area contributed by atoms with E-state index in [0.29, 0.717) is 0 Å². The molecule has 0 aromatic rings. The van der Waals surface area contributed by atoms with Crippen molar-refractivity contribution in [2.45, 2.75) is 43.3 Å². The van der Waals surface area contributed by atoms with E-state index in [-0.39, 0.29) is 10.7 Å². The van der Waals surface area contributed by atoms with Crippen LogP contribution >= 0.6 is 28.4 Å². The number of hydrogen-bond donors (Lipinski definition) is 0. The van der Waals surface area contributed by atoms with Crippen molar-refractivity contribution in [3.63, 3.8) is 0 Å². The molecule has 0 radical (unpaired) electrons. The number of esters is 1. The summed E-state index contributed by atoms with van der Waals surface area (Å²) < 4.78 is 5.02. The van der Waals surface area contributed by atoms with Crippen LogP contribution in [-0.2, 0) is 9.53 Å². The van der Waals surface area contributed by atoms with Gasteiger partial charge in [-0.1, -0.05) is 12.8 Å². The molecule has 0 unspecified atom stereocenters. The summed E-state index contributed by atoms with van der Waals surface area (Å²) in [6, 6.07) is 0. The maximum atomic E-state index is 12.1. The van der Waals surface area contributed by atoms with Crippen molar-refractivity contribution in [3.05, 3.63) is 0 Å². The SMILES string of the molecule is COC(=O)C12CCCCS1(I)CCCC2. The molecule has 2 aliphatic rings. The molecule has 2 nitrogen and oxygen atoms in total. The zero-order chi connectivity index (χ0) is 10.9. The molecule has 0 N–H and O–H groups in total. The zero-order valence-corrected chi connectivity index (χ0v) is 12.2. The van der Waals surface area contributed by atoms with Crippen molar-refractivity contribution >= 4 is 34.4 Å². The highest BCUT2D eigenvalue weighted by Crippen LogP contribution is 2.73. The third-order valence-electron chi connectivity index (χ3n) is 3.85. The van der Waals surface area contributed by atoms with Gasteiger partial charge < -0.3 is 4.74 Å². The minimum Gasteiger partial charge on any atom is -0.468 e. The van der Waals surface area contributed by atoms with E-state index in [1.807, 2.05) is 0 Å². The Kier molecular flexibility index (Phi) is 3.55. The molecule has 0 saturated carbocycles. The molecule has 2 saturated heterocycles. The van der Waals surface area contributed by atoms with Gasteiger partial charge >= 0.3 is 5.97 Å². The van der Waals surface area contributed by atoms with E-state index < -0.39 is 7.20 Å². The van der Waals surface area contributed by atoms with Crippen molar-refractivity contribution in [1.29, 1.82) is 0 Å². The lowest BCUT2D eigenvalue weighted by Crippen LogP contribution is -2.48. The lowest BCUT2D eigenvalue weighted by atomic mass is 9.94. The van der Waals surface area contributed by atoms with Crippen LogP contribution in [-0.4, -0.2) is 29.3 Å². The molecule has 0 spiro atoms. The first-order chi connectivity index (χ1) is 7.15. The average molecular weight is 342 g/mol. The van der Waals surface area contributed by atoms with Gasteiger partial charge in [0.15, 0.2) is 0 Å². The second-order valence-corrected chi connectivity index (χ2v) is 12.8. The van der Waals surface area contributed by atoms with Crippen molar-refractivity contribution in [3.8, 4) is 0 Å². The lowest BCUT2D eigenvalue weighted by Gasteiger charge is -2.55. The van der Waals surface area contributed by atoms with Crippen LogP contribution in [0.15, 0.2) is 0 Å². The van der Waals surface area contributed by atoms with Gasteiger partial charge in [0.2, 0.25) is 0 Å². The van der Waals surface area contributed by atoms with Gasteiger partial charge in [0.1, 0.15) is 4.75 Å². The van der Waals surface area contributed by atoms with E-state index >= 15 is 0 Å². The van der Waals surface area contributed by atoms with E-state index in [2.05, 4.69) is 21.2 Å². The highest BCUT2D eigenvalue weighted by Gasteiger charge is 2.54. The number of ether oxygens (including phenoxy) is 1. The van der Waals surface area contributed by atoms with Gasteiger partial charge in [0.25, 0.3) is 0 Å². The second kappa shape index (κ2) is 4.43. The molecule has 2 aliphatic heterocycles. The molecule has 0 amide bonds. The Morgan fingerprint density at radius 3 is 2.20 bits per heavy atom. The summed E-state index contributed by atoms with van der Waals surface area (Å²) in [5.41, 5.74) is 0. The second-order valence-electron chi connectivity index (χ2n) is 4.60. The largest absolute Gasteiger partial charge is 0.468 e. The number of carbonyl (C=O) groups excluding carboxylic acids is 1. The third-order valence-corrected chi connectivity index (χ3v) is 12.9. The Morgan fingerprint density at radius 2 is 1.73 bits per heavy atom. The van der Waals surface area contributed by atoms with Gasteiger partial charge in [-0.3, -0.25) is 4.79 Å².